The third kappa shape index (κ3) is 2.83. The minimum Gasteiger partial charge on any atom is -0.480 e. The molecule has 0 bridgehead atoms. The van der Waals surface area contributed by atoms with E-state index in [-0.39, 0.29) is 0 Å². The smallest absolute Gasteiger partial charge is 0.322 e. The second-order valence-corrected chi connectivity index (χ2v) is 4.30. The lowest BCUT2D eigenvalue weighted by Gasteiger charge is -2.33. The van der Waals surface area contributed by atoms with Crippen molar-refractivity contribution < 1.29 is 9.90 Å². The Hall–Kier alpha value is -1.40. The molecule has 0 spiro atoms. The van der Waals surface area contributed by atoms with Gasteiger partial charge in [-0.25, -0.2) is 4.98 Å². The van der Waals surface area contributed by atoms with Crippen LogP contribution in [0.25, 0.3) is 0 Å². The van der Waals surface area contributed by atoms with E-state index in [4.69, 9.17) is 5.11 Å². The van der Waals surface area contributed by atoms with Crippen molar-refractivity contribution in [1.29, 1.82) is 0 Å². The van der Waals surface area contributed by atoms with Crippen LogP contribution in [0.5, 0.6) is 0 Å². The molecule has 0 amide bonds. The van der Waals surface area contributed by atoms with Crippen LogP contribution in [0.2, 0.25) is 0 Å². The van der Waals surface area contributed by atoms with E-state index < -0.39 is 12.0 Å². The number of imidazole rings is 1. The molecular formula is C11H18N4O2. The maximum absolute atomic E-state index is 11.1. The zero-order valence-corrected chi connectivity index (χ0v) is 9.96. The fourth-order valence-corrected chi connectivity index (χ4v) is 2.14. The number of rotatable bonds is 4. The Morgan fingerprint density at radius 3 is 3.18 bits per heavy atom. The molecule has 6 nitrogen and oxygen atoms in total. The van der Waals surface area contributed by atoms with Gasteiger partial charge in [0.05, 0.1) is 0 Å². The van der Waals surface area contributed by atoms with Gasteiger partial charge in [-0.1, -0.05) is 0 Å². The van der Waals surface area contributed by atoms with Crippen molar-refractivity contribution in [3.8, 4) is 0 Å². The quantitative estimate of drug-likeness (QED) is 0.727. The van der Waals surface area contributed by atoms with E-state index in [0.29, 0.717) is 6.54 Å². The Labute approximate surface area is 100 Å². The largest absolute Gasteiger partial charge is 0.480 e. The second-order valence-electron chi connectivity index (χ2n) is 4.30. The first-order valence-corrected chi connectivity index (χ1v) is 5.82. The van der Waals surface area contributed by atoms with E-state index in [1.54, 1.807) is 6.20 Å². The van der Waals surface area contributed by atoms with Crippen molar-refractivity contribution >= 4 is 5.97 Å². The van der Waals surface area contributed by atoms with Crippen LogP contribution in [-0.2, 0) is 18.3 Å². The summed E-state index contributed by atoms with van der Waals surface area (Å²) in [6.07, 6.45) is 4.46. The molecule has 2 N–H and O–H groups in total. The van der Waals surface area contributed by atoms with Crippen LogP contribution in [0.1, 0.15) is 5.82 Å². The molecule has 0 radical (unpaired) electrons. The first kappa shape index (κ1) is 12.1. The first-order valence-electron chi connectivity index (χ1n) is 5.82. The molecule has 1 aromatic heterocycles. The van der Waals surface area contributed by atoms with E-state index in [9.17, 15) is 4.79 Å². The Bertz CT molecular complexity index is 391. The number of aliphatic carboxylic acids is 1. The maximum atomic E-state index is 11.1. The van der Waals surface area contributed by atoms with E-state index in [2.05, 4.69) is 10.3 Å². The number of hydrogen-bond acceptors (Lipinski definition) is 4. The minimum atomic E-state index is -0.753. The van der Waals surface area contributed by atoms with Gasteiger partial charge in [-0.2, -0.15) is 0 Å². The lowest BCUT2D eigenvalue weighted by molar-refractivity contribution is -0.143. The van der Waals surface area contributed by atoms with Gasteiger partial charge in [0.15, 0.2) is 0 Å². The summed E-state index contributed by atoms with van der Waals surface area (Å²) in [4.78, 5) is 17.3. The van der Waals surface area contributed by atoms with Crippen LogP contribution < -0.4 is 5.32 Å². The number of piperazine rings is 1. The molecule has 0 aliphatic carbocycles. The lowest BCUT2D eigenvalue weighted by atomic mass is 10.2. The molecule has 1 saturated heterocycles. The summed E-state index contributed by atoms with van der Waals surface area (Å²) < 4.78 is 1.97. The molecule has 1 atom stereocenters. The molecule has 1 aliphatic rings. The van der Waals surface area contributed by atoms with Gasteiger partial charge in [0.2, 0.25) is 0 Å². The average molecular weight is 238 g/mol. The van der Waals surface area contributed by atoms with Crippen molar-refractivity contribution in [1.82, 2.24) is 19.8 Å². The highest BCUT2D eigenvalue weighted by molar-refractivity contribution is 5.73. The summed E-state index contributed by atoms with van der Waals surface area (Å²) in [5.74, 6) is 0.240. The summed E-state index contributed by atoms with van der Waals surface area (Å²) in [6, 6.07) is -0.413. The third-order valence-electron chi connectivity index (χ3n) is 3.18. The summed E-state index contributed by atoms with van der Waals surface area (Å²) in [5, 5.41) is 12.2. The van der Waals surface area contributed by atoms with E-state index in [1.165, 1.54) is 0 Å². The maximum Gasteiger partial charge on any atom is 0.322 e. The molecule has 1 aromatic rings. The van der Waals surface area contributed by atoms with Gasteiger partial charge >= 0.3 is 5.97 Å². The highest BCUT2D eigenvalue weighted by atomic mass is 16.4. The highest BCUT2D eigenvalue weighted by Gasteiger charge is 2.27. The predicted molar refractivity (Wildman–Crippen MR) is 62.8 cm³/mol. The molecule has 2 rings (SSSR count). The van der Waals surface area contributed by atoms with Crippen LogP contribution in [0, 0.1) is 0 Å². The number of carboxylic acid groups (broad SMARTS) is 1. The molecule has 1 aliphatic heterocycles. The Kier molecular flexibility index (Phi) is 3.75. The fourth-order valence-electron chi connectivity index (χ4n) is 2.14. The molecule has 1 fully saturated rings. The van der Waals surface area contributed by atoms with Gasteiger partial charge in [0, 0.05) is 52.0 Å². The van der Waals surface area contributed by atoms with Crippen LogP contribution in [0.3, 0.4) is 0 Å². The number of hydrogen-bond donors (Lipinski definition) is 2. The van der Waals surface area contributed by atoms with E-state index in [0.717, 1.165) is 31.9 Å². The lowest BCUT2D eigenvalue weighted by Crippen LogP contribution is -2.55. The standard InChI is InChI=1S/C11H18N4O2/c1-14-6-4-13-10(14)2-5-15-7-3-12-8-9(15)11(16)17/h4,6,9,12H,2-3,5,7-8H2,1H3,(H,16,17). The number of nitrogens with one attached hydrogen (secondary N) is 1. The molecule has 0 saturated carbocycles. The molecule has 17 heavy (non-hydrogen) atoms. The number of aromatic nitrogens is 2. The van der Waals surface area contributed by atoms with Crippen molar-refractivity contribution in [3.05, 3.63) is 18.2 Å². The Morgan fingerprint density at radius 1 is 1.71 bits per heavy atom. The van der Waals surface area contributed by atoms with Crippen LogP contribution in [0.15, 0.2) is 12.4 Å². The number of carboxylic acids is 1. The van der Waals surface area contributed by atoms with Gasteiger partial charge < -0.3 is 15.0 Å². The Morgan fingerprint density at radius 2 is 2.53 bits per heavy atom. The molecule has 0 aromatic carbocycles. The minimum absolute atomic E-state index is 0.413. The zero-order chi connectivity index (χ0) is 12.3. The summed E-state index contributed by atoms with van der Waals surface area (Å²) in [6.45, 7) is 2.89. The average Bonchev–Trinajstić information content (AvgIpc) is 2.72. The molecule has 94 valence electrons. The van der Waals surface area contributed by atoms with Crippen LogP contribution >= 0.6 is 0 Å². The van der Waals surface area contributed by atoms with Crippen molar-refractivity contribution in [2.24, 2.45) is 7.05 Å². The van der Waals surface area contributed by atoms with Gasteiger partial charge in [0.1, 0.15) is 11.9 Å². The van der Waals surface area contributed by atoms with Crippen molar-refractivity contribution in [2.45, 2.75) is 12.5 Å². The first-order chi connectivity index (χ1) is 8.18. The molecule has 2 heterocycles. The van der Waals surface area contributed by atoms with Gasteiger partial charge in [-0.15, -0.1) is 0 Å². The predicted octanol–water partition coefficient (Wildman–Crippen LogP) is -0.679. The van der Waals surface area contributed by atoms with Crippen molar-refractivity contribution in [3.63, 3.8) is 0 Å². The molecule has 1 unspecified atom stereocenters. The second kappa shape index (κ2) is 5.29. The fraction of sp³-hybridized carbons (Fsp3) is 0.636. The normalized spacial score (nSPS) is 21.6. The number of aryl methyl sites for hydroxylation is 1. The molecule has 6 heteroatoms. The van der Waals surface area contributed by atoms with Gasteiger partial charge in [-0.3, -0.25) is 9.69 Å². The van der Waals surface area contributed by atoms with Gasteiger partial charge in [-0.05, 0) is 0 Å². The Balaban J connectivity index is 1.92. The van der Waals surface area contributed by atoms with E-state index >= 15 is 0 Å². The topological polar surface area (TPSA) is 70.4 Å². The third-order valence-corrected chi connectivity index (χ3v) is 3.18. The zero-order valence-electron chi connectivity index (χ0n) is 9.96. The number of nitrogens with zero attached hydrogens (tertiary/aromatic N) is 3. The summed E-state index contributed by atoms with van der Waals surface area (Å²) in [5.41, 5.74) is 0. The summed E-state index contributed by atoms with van der Waals surface area (Å²) in [7, 11) is 1.95. The van der Waals surface area contributed by atoms with E-state index in [1.807, 2.05) is 22.7 Å². The van der Waals surface area contributed by atoms with Gasteiger partial charge in [0.25, 0.3) is 0 Å². The number of carbonyl (C=O) groups is 1. The SMILES string of the molecule is Cn1ccnc1CCN1CCNCC1C(=O)O. The van der Waals surface area contributed by atoms with Crippen LogP contribution in [0.4, 0.5) is 0 Å². The summed E-state index contributed by atoms with van der Waals surface area (Å²) >= 11 is 0. The molecular weight excluding hydrogens is 220 g/mol. The van der Waals surface area contributed by atoms with Crippen LogP contribution in [-0.4, -0.2) is 57.7 Å². The van der Waals surface area contributed by atoms with Crippen molar-refractivity contribution in [2.75, 3.05) is 26.2 Å². The monoisotopic (exact) mass is 238 g/mol. The highest BCUT2D eigenvalue weighted by Crippen LogP contribution is 2.06.